The molecule has 2 aromatic carbocycles. The summed E-state index contributed by atoms with van der Waals surface area (Å²) in [6, 6.07) is 14.8. The van der Waals surface area contributed by atoms with E-state index in [-0.39, 0.29) is 11.5 Å². The number of rotatable bonds is 6. The lowest BCUT2D eigenvalue weighted by Crippen LogP contribution is -2.08. The minimum absolute atomic E-state index is 0.119. The van der Waals surface area contributed by atoms with Crippen molar-refractivity contribution in [3.63, 3.8) is 0 Å². The summed E-state index contributed by atoms with van der Waals surface area (Å²) < 4.78 is 7.24. The van der Waals surface area contributed by atoms with Crippen LogP contribution < -0.4 is 0 Å². The van der Waals surface area contributed by atoms with Crippen LogP contribution >= 0.6 is 0 Å². The summed E-state index contributed by atoms with van der Waals surface area (Å²) in [7, 11) is 1.67. The zero-order valence-electron chi connectivity index (χ0n) is 13.5. The molecular formula is C19H20N2O3. The van der Waals surface area contributed by atoms with Crippen LogP contribution in [0.5, 0.6) is 11.5 Å². The highest BCUT2D eigenvalue weighted by atomic mass is 16.5. The van der Waals surface area contributed by atoms with E-state index in [0.29, 0.717) is 19.6 Å². The van der Waals surface area contributed by atoms with Gasteiger partial charge in [-0.15, -0.1) is 0 Å². The van der Waals surface area contributed by atoms with Gasteiger partial charge >= 0.3 is 0 Å². The molecule has 0 bridgehead atoms. The fraction of sp³-hybridized carbons (Fsp3) is 0.211. The normalized spacial score (nSPS) is 10.9. The zero-order chi connectivity index (χ0) is 16.9. The molecule has 2 N–H and O–H groups in total. The van der Waals surface area contributed by atoms with Gasteiger partial charge in [0.1, 0.15) is 5.82 Å². The Morgan fingerprint density at radius 1 is 1.04 bits per heavy atom. The molecular weight excluding hydrogens is 304 g/mol. The van der Waals surface area contributed by atoms with Crippen molar-refractivity contribution in [3.05, 3.63) is 66.1 Å². The van der Waals surface area contributed by atoms with E-state index in [0.717, 1.165) is 22.6 Å². The number of methoxy groups -OCH3 is 1. The Morgan fingerprint density at radius 2 is 1.83 bits per heavy atom. The van der Waals surface area contributed by atoms with E-state index >= 15 is 0 Å². The monoisotopic (exact) mass is 324 g/mol. The Hall–Kier alpha value is -2.79. The number of hydrogen-bond acceptors (Lipinski definition) is 4. The number of imidazole rings is 1. The number of phenols is 2. The SMILES string of the molecule is COCCn1cc(-c2ccccc2)nc1Cc1ccc(O)c(O)c1. The summed E-state index contributed by atoms with van der Waals surface area (Å²) in [6.07, 6.45) is 2.58. The van der Waals surface area contributed by atoms with E-state index in [1.54, 1.807) is 19.2 Å². The molecule has 24 heavy (non-hydrogen) atoms. The van der Waals surface area contributed by atoms with Crippen molar-refractivity contribution in [1.82, 2.24) is 9.55 Å². The number of nitrogens with zero attached hydrogens (tertiary/aromatic N) is 2. The van der Waals surface area contributed by atoms with Crippen LogP contribution in [-0.2, 0) is 17.7 Å². The van der Waals surface area contributed by atoms with Gasteiger partial charge in [0.15, 0.2) is 11.5 Å². The average Bonchev–Trinajstić information content (AvgIpc) is 3.00. The first-order chi connectivity index (χ1) is 11.7. The molecule has 124 valence electrons. The molecule has 5 nitrogen and oxygen atoms in total. The van der Waals surface area contributed by atoms with Gasteiger partial charge in [0, 0.05) is 31.8 Å². The van der Waals surface area contributed by atoms with Crippen LogP contribution in [0, 0.1) is 0 Å². The molecule has 5 heteroatoms. The van der Waals surface area contributed by atoms with E-state index in [2.05, 4.69) is 4.57 Å². The van der Waals surface area contributed by atoms with Gasteiger partial charge in [-0.3, -0.25) is 0 Å². The summed E-state index contributed by atoms with van der Waals surface area (Å²) in [5, 5.41) is 19.1. The second-order valence-corrected chi connectivity index (χ2v) is 5.59. The van der Waals surface area contributed by atoms with Gasteiger partial charge < -0.3 is 19.5 Å². The molecule has 0 saturated carbocycles. The van der Waals surface area contributed by atoms with E-state index in [1.807, 2.05) is 36.5 Å². The van der Waals surface area contributed by atoms with Gasteiger partial charge in [0.2, 0.25) is 0 Å². The quantitative estimate of drug-likeness (QED) is 0.683. The molecule has 0 spiro atoms. The maximum Gasteiger partial charge on any atom is 0.157 e. The van der Waals surface area contributed by atoms with E-state index in [4.69, 9.17) is 9.72 Å². The third-order valence-electron chi connectivity index (χ3n) is 3.87. The number of ether oxygens (including phenoxy) is 1. The van der Waals surface area contributed by atoms with Crippen LogP contribution in [0.2, 0.25) is 0 Å². The van der Waals surface area contributed by atoms with Crippen molar-refractivity contribution in [2.24, 2.45) is 0 Å². The Morgan fingerprint density at radius 3 is 2.54 bits per heavy atom. The molecule has 0 aliphatic carbocycles. The van der Waals surface area contributed by atoms with Gasteiger partial charge in [0.25, 0.3) is 0 Å². The predicted octanol–water partition coefficient (Wildman–Crippen LogP) is 3.20. The Balaban J connectivity index is 1.92. The third kappa shape index (κ3) is 3.58. The fourth-order valence-corrected chi connectivity index (χ4v) is 2.59. The smallest absolute Gasteiger partial charge is 0.157 e. The first-order valence-electron chi connectivity index (χ1n) is 7.78. The van der Waals surface area contributed by atoms with Gasteiger partial charge in [-0.1, -0.05) is 36.4 Å². The van der Waals surface area contributed by atoms with Crippen LogP contribution in [0.3, 0.4) is 0 Å². The highest BCUT2D eigenvalue weighted by Gasteiger charge is 2.11. The molecule has 0 aliphatic heterocycles. The third-order valence-corrected chi connectivity index (χ3v) is 3.87. The van der Waals surface area contributed by atoms with Crippen molar-refractivity contribution in [1.29, 1.82) is 0 Å². The second-order valence-electron chi connectivity index (χ2n) is 5.59. The van der Waals surface area contributed by atoms with Crippen LogP contribution in [-0.4, -0.2) is 33.5 Å². The highest BCUT2D eigenvalue weighted by molar-refractivity contribution is 5.58. The summed E-state index contributed by atoms with van der Waals surface area (Å²) in [5.41, 5.74) is 2.85. The molecule has 0 aliphatic rings. The second kappa shape index (κ2) is 7.19. The van der Waals surface area contributed by atoms with Crippen molar-refractivity contribution >= 4 is 0 Å². The lowest BCUT2D eigenvalue weighted by Gasteiger charge is -2.07. The van der Waals surface area contributed by atoms with Crippen molar-refractivity contribution in [2.75, 3.05) is 13.7 Å². The molecule has 3 rings (SSSR count). The Bertz CT molecular complexity index is 813. The molecule has 0 atom stereocenters. The van der Waals surface area contributed by atoms with E-state index in [1.165, 1.54) is 6.07 Å². The Labute approximate surface area is 140 Å². The molecule has 0 saturated heterocycles. The summed E-state index contributed by atoms with van der Waals surface area (Å²) in [4.78, 5) is 4.74. The molecule has 1 aromatic heterocycles. The van der Waals surface area contributed by atoms with Gasteiger partial charge in [0.05, 0.1) is 12.3 Å². The predicted molar refractivity (Wildman–Crippen MR) is 92.1 cm³/mol. The summed E-state index contributed by atoms with van der Waals surface area (Å²) in [6.45, 7) is 1.30. The summed E-state index contributed by atoms with van der Waals surface area (Å²) >= 11 is 0. The molecule has 1 heterocycles. The lowest BCUT2D eigenvalue weighted by atomic mass is 10.1. The first kappa shape index (κ1) is 16.1. The maximum atomic E-state index is 9.67. The van der Waals surface area contributed by atoms with Crippen LogP contribution in [0.1, 0.15) is 11.4 Å². The molecule has 0 fully saturated rings. The average molecular weight is 324 g/mol. The summed E-state index contributed by atoms with van der Waals surface area (Å²) in [5.74, 6) is 0.647. The topological polar surface area (TPSA) is 67.5 Å². The number of hydrogen-bond donors (Lipinski definition) is 2. The van der Waals surface area contributed by atoms with Crippen molar-refractivity contribution < 1.29 is 14.9 Å². The fourth-order valence-electron chi connectivity index (χ4n) is 2.59. The largest absolute Gasteiger partial charge is 0.504 e. The molecule has 0 amide bonds. The van der Waals surface area contributed by atoms with Crippen molar-refractivity contribution in [2.45, 2.75) is 13.0 Å². The van der Waals surface area contributed by atoms with Gasteiger partial charge in [-0.25, -0.2) is 4.98 Å². The van der Waals surface area contributed by atoms with Crippen LogP contribution in [0.15, 0.2) is 54.7 Å². The Kier molecular flexibility index (Phi) is 4.82. The zero-order valence-corrected chi connectivity index (χ0v) is 13.5. The number of aromatic hydroxyl groups is 2. The van der Waals surface area contributed by atoms with Gasteiger partial charge in [-0.2, -0.15) is 0 Å². The molecule has 3 aromatic rings. The van der Waals surface area contributed by atoms with Gasteiger partial charge in [-0.05, 0) is 17.7 Å². The first-order valence-corrected chi connectivity index (χ1v) is 7.78. The van der Waals surface area contributed by atoms with Crippen LogP contribution in [0.25, 0.3) is 11.3 Å². The number of aromatic nitrogens is 2. The molecule has 0 unspecified atom stereocenters. The molecule has 0 radical (unpaired) electrons. The standard InChI is InChI=1S/C19H20N2O3/c1-24-10-9-21-13-16(15-5-3-2-4-6-15)20-19(21)12-14-7-8-17(22)18(23)11-14/h2-8,11,13,22-23H,9-10,12H2,1H3. The lowest BCUT2D eigenvalue weighted by molar-refractivity contribution is 0.186. The van der Waals surface area contributed by atoms with Crippen molar-refractivity contribution in [3.8, 4) is 22.8 Å². The maximum absolute atomic E-state index is 9.67. The minimum atomic E-state index is -0.120. The van der Waals surface area contributed by atoms with Crippen LogP contribution in [0.4, 0.5) is 0 Å². The van der Waals surface area contributed by atoms with E-state index < -0.39 is 0 Å². The highest BCUT2D eigenvalue weighted by Crippen LogP contribution is 2.26. The minimum Gasteiger partial charge on any atom is -0.504 e. The van der Waals surface area contributed by atoms with E-state index in [9.17, 15) is 10.2 Å². The number of phenolic OH excluding ortho intramolecular Hbond substituents is 2. The number of benzene rings is 2.